The number of phenolic OH excluding ortho intramolecular Hbond substituents is 2. The number of hydrogen-bond acceptors (Lipinski definition) is 9. The number of phenols is 2. The number of aromatic nitrogens is 2. The van der Waals surface area contributed by atoms with Gasteiger partial charge in [0.25, 0.3) is 5.91 Å². The number of anilines is 1. The number of rotatable bonds is 10. The summed E-state index contributed by atoms with van der Waals surface area (Å²) < 4.78 is 10.5. The number of amides is 3. The lowest BCUT2D eigenvalue weighted by Crippen LogP contribution is -2.25. The second kappa shape index (κ2) is 11.4. The summed E-state index contributed by atoms with van der Waals surface area (Å²) in [5.74, 6) is -1.75. The van der Waals surface area contributed by atoms with Gasteiger partial charge in [-0.25, -0.2) is 0 Å². The summed E-state index contributed by atoms with van der Waals surface area (Å²) in [6.07, 6.45) is -0.241. The van der Waals surface area contributed by atoms with Crippen LogP contribution >= 0.6 is 0 Å². The van der Waals surface area contributed by atoms with Crippen LogP contribution in [-0.2, 0) is 22.4 Å². The number of benzene rings is 1. The summed E-state index contributed by atoms with van der Waals surface area (Å²) in [4.78, 5) is 37.2. The molecule has 2 aromatic heterocycles. The van der Waals surface area contributed by atoms with Crippen LogP contribution in [0.3, 0.4) is 0 Å². The molecule has 0 saturated carbocycles. The normalized spacial score (nSPS) is 10.9. The molecule has 2 heterocycles. The molecule has 12 heteroatoms. The second-order valence-electron chi connectivity index (χ2n) is 8.32. The molecule has 0 spiro atoms. The van der Waals surface area contributed by atoms with Gasteiger partial charge >= 0.3 is 0 Å². The predicted molar refractivity (Wildman–Crippen MR) is 129 cm³/mol. The number of carbonyl (C=O) groups excluding carboxylic acids is 3. The molecule has 0 saturated heterocycles. The fourth-order valence-electron chi connectivity index (χ4n) is 3.52. The summed E-state index contributed by atoms with van der Waals surface area (Å²) in [7, 11) is 0. The SMILES string of the molecule is CCNC(=O)Cc1cc(CC(=O)Nc2c(C(=O)NCC)noc2-c2cc(C(C)C)c(O)cc2O)on1. The van der Waals surface area contributed by atoms with Crippen molar-refractivity contribution in [1.82, 2.24) is 20.9 Å². The third-order valence-electron chi connectivity index (χ3n) is 5.18. The topological polar surface area (TPSA) is 180 Å². The van der Waals surface area contributed by atoms with E-state index in [0.717, 1.165) is 6.07 Å². The van der Waals surface area contributed by atoms with E-state index in [-0.39, 0.29) is 64.6 Å². The second-order valence-corrected chi connectivity index (χ2v) is 8.32. The molecule has 1 aromatic carbocycles. The van der Waals surface area contributed by atoms with Gasteiger partial charge in [-0.1, -0.05) is 24.2 Å². The van der Waals surface area contributed by atoms with Crippen LogP contribution in [0.4, 0.5) is 5.69 Å². The molecule has 0 aliphatic heterocycles. The standard InChI is InChI=1S/C24H29N5O7/c1-5-25-19(32)8-13-7-14(35-28-13)9-20(33)27-21-22(24(34)26-6-2)29-36-23(21)16-10-15(12(3)4)17(30)11-18(16)31/h7,10-12,30-31H,5-6,8-9H2,1-4H3,(H,25,32)(H,26,34)(H,27,33). The van der Waals surface area contributed by atoms with E-state index in [1.54, 1.807) is 13.8 Å². The number of nitrogens with zero attached hydrogens (tertiary/aromatic N) is 2. The third-order valence-corrected chi connectivity index (χ3v) is 5.18. The minimum Gasteiger partial charge on any atom is -0.508 e. The van der Waals surface area contributed by atoms with E-state index in [1.807, 2.05) is 13.8 Å². The molecule has 3 amide bonds. The van der Waals surface area contributed by atoms with Crippen molar-refractivity contribution in [2.24, 2.45) is 0 Å². The van der Waals surface area contributed by atoms with E-state index in [0.29, 0.717) is 24.3 Å². The maximum Gasteiger partial charge on any atom is 0.275 e. The zero-order chi connectivity index (χ0) is 26.4. The Morgan fingerprint density at radius 3 is 2.31 bits per heavy atom. The highest BCUT2D eigenvalue weighted by atomic mass is 16.5. The van der Waals surface area contributed by atoms with E-state index in [2.05, 4.69) is 26.3 Å². The van der Waals surface area contributed by atoms with Gasteiger partial charge in [-0.15, -0.1) is 0 Å². The van der Waals surface area contributed by atoms with Crippen molar-refractivity contribution in [1.29, 1.82) is 0 Å². The van der Waals surface area contributed by atoms with Gasteiger partial charge in [0.05, 0.1) is 24.1 Å². The van der Waals surface area contributed by atoms with Crippen LogP contribution < -0.4 is 16.0 Å². The van der Waals surface area contributed by atoms with Crippen LogP contribution in [0, 0.1) is 0 Å². The highest BCUT2D eigenvalue weighted by molar-refractivity contribution is 6.06. The van der Waals surface area contributed by atoms with Gasteiger partial charge in [-0.2, -0.15) is 0 Å². The van der Waals surface area contributed by atoms with Crippen molar-refractivity contribution < 1.29 is 33.6 Å². The van der Waals surface area contributed by atoms with E-state index < -0.39 is 11.8 Å². The zero-order valence-electron chi connectivity index (χ0n) is 20.5. The lowest BCUT2D eigenvalue weighted by molar-refractivity contribution is -0.120. The number of hydrogen-bond donors (Lipinski definition) is 5. The first kappa shape index (κ1) is 26.3. The summed E-state index contributed by atoms with van der Waals surface area (Å²) in [5, 5.41) is 36.1. The van der Waals surface area contributed by atoms with Gasteiger partial charge in [0.1, 0.15) is 22.9 Å². The molecule has 3 rings (SSSR count). The fourth-order valence-corrected chi connectivity index (χ4v) is 3.52. The maximum atomic E-state index is 12.9. The summed E-state index contributed by atoms with van der Waals surface area (Å²) in [6, 6.07) is 4.17. The minimum atomic E-state index is -0.589. The van der Waals surface area contributed by atoms with Crippen molar-refractivity contribution in [3.8, 4) is 22.8 Å². The molecule has 0 aliphatic rings. The first-order chi connectivity index (χ1) is 17.1. The molecule has 0 radical (unpaired) electrons. The monoisotopic (exact) mass is 499 g/mol. The predicted octanol–water partition coefficient (Wildman–Crippen LogP) is 2.47. The number of carbonyl (C=O) groups is 3. The molecule has 0 aliphatic carbocycles. The van der Waals surface area contributed by atoms with E-state index >= 15 is 0 Å². The number of nitrogens with one attached hydrogen (secondary N) is 3. The van der Waals surface area contributed by atoms with Crippen molar-refractivity contribution in [3.05, 3.63) is 40.9 Å². The van der Waals surface area contributed by atoms with Gasteiger partial charge in [-0.3, -0.25) is 14.4 Å². The Morgan fingerprint density at radius 1 is 0.917 bits per heavy atom. The van der Waals surface area contributed by atoms with Crippen LogP contribution in [0.2, 0.25) is 0 Å². The van der Waals surface area contributed by atoms with Crippen LogP contribution in [0.15, 0.2) is 27.2 Å². The van der Waals surface area contributed by atoms with Gasteiger partial charge in [0.15, 0.2) is 11.5 Å². The maximum absolute atomic E-state index is 12.9. The van der Waals surface area contributed by atoms with Crippen LogP contribution in [0.25, 0.3) is 11.3 Å². The molecule has 0 atom stereocenters. The van der Waals surface area contributed by atoms with E-state index in [9.17, 15) is 24.6 Å². The molecule has 192 valence electrons. The highest BCUT2D eigenvalue weighted by Gasteiger charge is 2.27. The Labute approximate surface area is 207 Å². The zero-order valence-corrected chi connectivity index (χ0v) is 20.5. The van der Waals surface area contributed by atoms with Crippen LogP contribution in [0.1, 0.15) is 61.1 Å². The molecule has 3 aromatic rings. The van der Waals surface area contributed by atoms with Crippen molar-refractivity contribution in [3.63, 3.8) is 0 Å². The summed E-state index contributed by atoms with van der Waals surface area (Å²) >= 11 is 0. The molecule has 36 heavy (non-hydrogen) atoms. The van der Waals surface area contributed by atoms with Crippen LogP contribution in [-0.4, -0.2) is 51.3 Å². The fraction of sp³-hybridized carbons (Fsp3) is 0.375. The molecule has 0 bridgehead atoms. The van der Waals surface area contributed by atoms with Crippen LogP contribution in [0.5, 0.6) is 11.5 Å². The highest BCUT2D eigenvalue weighted by Crippen LogP contribution is 2.41. The first-order valence-corrected chi connectivity index (χ1v) is 11.5. The smallest absolute Gasteiger partial charge is 0.275 e. The largest absolute Gasteiger partial charge is 0.508 e. The minimum absolute atomic E-state index is 0.00834. The Bertz CT molecular complexity index is 1260. The Hall–Kier alpha value is -4.35. The third kappa shape index (κ3) is 6.01. The number of likely N-dealkylation sites (N-methyl/N-ethyl adjacent to an activating group) is 1. The molecule has 12 nitrogen and oxygen atoms in total. The Balaban J connectivity index is 1.91. The average molecular weight is 500 g/mol. The molecule has 0 fully saturated rings. The Morgan fingerprint density at radius 2 is 1.64 bits per heavy atom. The lowest BCUT2D eigenvalue weighted by Gasteiger charge is -2.12. The molecular weight excluding hydrogens is 470 g/mol. The molecule has 5 N–H and O–H groups in total. The van der Waals surface area contributed by atoms with E-state index in [4.69, 9.17) is 9.05 Å². The van der Waals surface area contributed by atoms with Gasteiger partial charge in [0.2, 0.25) is 11.8 Å². The van der Waals surface area contributed by atoms with E-state index in [1.165, 1.54) is 12.1 Å². The van der Waals surface area contributed by atoms with Gasteiger partial charge in [0, 0.05) is 25.2 Å². The van der Waals surface area contributed by atoms with Crippen molar-refractivity contribution in [2.75, 3.05) is 18.4 Å². The average Bonchev–Trinajstić information content (AvgIpc) is 3.40. The van der Waals surface area contributed by atoms with Crippen molar-refractivity contribution in [2.45, 2.75) is 46.5 Å². The summed E-state index contributed by atoms with van der Waals surface area (Å²) in [5.41, 5.74) is 0.792. The van der Waals surface area contributed by atoms with Gasteiger partial charge < -0.3 is 35.2 Å². The van der Waals surface area contributed by atoms with Gasteiger partial charge in [-0.05, 0) is 31.4 Å². The van der Waals surface area contributed by atoms with Crippen molar-refractivity contribution >= 4 is 23.4 Å². The molecular formula is C24H29N5O7. The number of aromatic hydroxyl groups is 2. The summed E-state index contributed by atoms with van der Waals surface area (Å²) in [6.45, 7) is 8.03. The quantitative estimate of drug-likeness (QED) is 0.280. The first-order valence-electron chi connectivity index (χ1n) is 11.5. The lowest BCUT2D eigenvalue weighted by atomic mass is 9.97. The molecule has 0 unspecified atom stereocenters. The Kier molecular flexibility index (Phi) is 8.30.